The van der Waals surface area contributed by atoms with E-state index >= 15 is 0 Å². The monoisotopic (exact) mass is 558 g/mol. The molecular formula is C23H39IN6O2. The van der Waals surface area contributed by atoms with Crippen LogP contribution in [0.2, 0.25) is 0 Å². The molecule has 1 unspecified atom stereocenters. The molecule has 32 heavy (non-hydrogen) atoms. The summed E-state index contributed by atoms with van der Waals surface area (Å²) in [6, 6.07) is 11.3. The van der Waals surface area contributed by atoms with Gasteiger partial charge < -0.3 is 24.8 Å². The van der Waals surface area contributed by atoms with Gasteiger partial charge in [-0.05, 0) is 26.0 Å². The zero-order chi connectivity index (χ0) is 22.1. The van der Waals surface area contributed by atoms with Gasteiger partial charge in [0, 0.05) is 72.0 Å². The van der Waals surface area contributed by atoms with Crippen molar-refractivity contribution in [3.8, 4) is 0 Å². The fourth-order valence-electron chi connectivity index (χ4n) is 4.35. The number of aliphatic imine (C=N–C) groups is 1. The highest BCUT2D eigenvalue weighted by molar-refractivity contribution is 14.0. The summed E-state index contributed by atoms with van der Waals surface area (Å²) in [4.78, 5) is 25.4. The van der Waals surface area contributed by atoms with Crippen LogP contribution in [0.3, 0.4) is 0 Å². The SMILES string of the molecule is CCOC(=O)N1CCN(C(=NC)NCCCN2CCN(C)CC2c2ccccc2)CC1.I. The molecule has 2 saturated heterocycles. The van der Waals surface area contributed by atoms with Crippen LogP contribution in [0.1, 0.15) is 24.9 Å². The van der Waals surface area contributed by atoms with E-state index in [4.69, 9.17) is 4.74 Å². The minimum absolute atomic E-state index is 0. The minimum atomic E-state index is -0.217. The summed E-state index contributed by atoms with van der Waals surface area (Å²) in [5.74, 6) is 0.918. The summed E-state index contributed by atoms with van der Waals surface area (Å²) < 4.78 is 5.10. The number of carbonyl (C=O) groups excluding carboxylic acids is 1. The topological polar surface area (TPSA) is 63.7 Å². The molecule has 0 spiro atoms. The van der Waals surface area contributed by atoms with Gasteiger partial charge in [-0.2, -0.15) is 0 Å². The van der Waals surface area contributed by atoms with Gasteiger partial charge in [0.2, 0.25) is 0 Å². The summed E-state index contributed by atoms with van der Waals surface area (Å²) >= 11 is 0. The van der Waals surface area contributed by atoms with E-state index in [1.54, 1.807) is 4.90 Å². The molecule has 2 heterocycles. The summed E-state index contributed by atoms with van der Waals surface area (Å²) in [6.07, 6.45) is 0.847. The van der Waals surface area contributed by atoms with Gasteiger partial charge >= 0.3 is 6.09 Å². The van der Waals surface area contributed by atoms with Crippen LogP contribution in [0.4, 0.5) is 4.79 Å². The first kappa shape index (κ1) is 26.7. The predicted molar refractivity (Wildman–Crippen MR) is 140 cm³/mol. The van der Waals surface area contributed by atoms with Gasteiger partial charge in [0.15, 0.2) is 5.96 Å². The molecule has 1 amide bonds. The fourth-order valence-corrected chi connectivity index (χ4v) is 4.35. The Morgan fingerprint density at radius 1 is 1.09 bits per heavy atom. The number of guanidine groups is 1. The number of amides is 1. The molecule has 1 atom stereocenters. The maximum atomic E-state index is 11.9. The Morgan fingerprint density at radius 2 is 1.78 bits per heavy atom. The van der Waals surface area contributed by atoms with E-state index in [9.17, 15) is 4.79 Å². The highest BCUT2D eigenvalue weighted by Crippen LogP contribution is 2.24. The highest BCUT2D eigenvalue weighted by atomic mass is 127. The van der Waals surface area contributed by atoms with Gasteiger partial charge in [-0.15, -0.1) is 24.0 Å². The van der Waals surface area contributed by atoms with E-state index in [0.29, 0.717) is 25.7 Å². The zero-order valence-electron chi connectivity index (χ0n) is 19.7. The molecule has 2 aliphatic rings. The Morgan fingerprint density at radius 3 is 2.44 bits per heavy atom. The fraction of sp³-hybridized carbons (Fsp3) is 0.652. The lowest BCUT2D eigenvalue weighted by Gasteiger charge is -2.40. The van der Waals surface area contributed by atoms with Crippen LogP contribution in [0.25, 0.3) is 0 Å². The van der Waals surface area contributed by atoms with Crippen molar-refractivity contribution in [2.75, 3.05) is 79.6 Å². The molecule has 0 aliphatic carbocycles. The maximum Gasteiger partial charge on any atom is 0.409 e. The third kappa shape index (κ3) is 7.48. The van der Waals surface area contributed by atoms with Crippen molar-refractivity contribution in [1.82, 2.24) is 24.9 Å². The van der Waals surface area contributed by atoms with Crippen LogP contribution < -0.4 is 5.32 Å². The molecule has 8 nitrogen and oxygen atoms in total. The second kappa shape index (κ2) is 13.8. The van der Waals surface area contributed by atoms with E-state index < -0.39 is 0 Å². The largest absolute Gasteiger partial charge is 0.450 e. The van der Waals surface area contributed by atoms with Crippen molar-refractivity contribution in [1.29, 1.82) is 0 Å². The van der Waals surface area contributed by atoms with Gasteiger partial charge in [0.25, 0.3) is 0 Å². The van der Waals surface area contributed by atoms with Crippen molar-refractivity contribution in [2.45, 2.75) is 19.4 Å². The summed E-state index contributed by atoms with van der Waals surface area (Å²) in [6.45, 7) is 10.4. The lowest BCUT2D eigenvalue weighted by molar-refractivity contribution is 0.0884. The van der Waals surface area contributed by atoms with Crippen molar-refractivity contribution >= 4 is 36.0 Å². The second-order valence-corrected chi connectivity index (χ2v) is 8.23. The molecular weight excluding hydrogens is 519 g/mol. The Labute approximate surface area is 210 Å². The van der Waals surface area contributed by atoms with Crippen molar-refractivity contribution < 1.29 is 9.53 Å². The highest BCUT2D eigenvalue weighted by Gasteiger charge is 2.26. The third-order valence-electron chi connectivity index (χ3n) is 6.10. The number of halogens is 1. The molecule has 9 heteroatoms. The normalized spacial score (nSPS) is 20.6. The number of nitrogens with zero attached hydrogens (tertiary/aromatic N) is 5. The molecule has 2 fully saturated rings. The van der Waals surface area contributed by atoms with Crippen LogP contribution in [0.5, 0.6) is 0 Å². The lowest BCUT2D eigenvalue weighted by atomic mass is 10.0. The predicted octanol–water partition coefficient (Wildman–Crippen LogP) is 2.33. The van der Waals surface area contributed by atoms with E-state index in [0.717, 1.165) is 58.2 Å². The van der Waals surface area contributed by atoms with Crippen LogP contribution >= 0.6 is 24.0 Å². The van der Waals surface area contributed by atoms with Crippen LogP contribution in [-0.4, -0.2) is 111 Å². The summed E-state index contributed by atoms with van der Waals surface area (Å²) in [5.41, 5.74) is 1.40. The molecule has 3 rings (SSSR count). The van der Waals surface area contributed by atoms with E-state index in [2.05, 4.69) is 62.4 Å². The first-order valence-corrected chi connectivity index (χ1v) is 11.5. The summed E-state index contributed by atoms with van der Waals surface area (Å²) in [5, 5.41) is 3.52. The first-order valence-electron chi connectivity index (χ1n) is 11.5. The standard InChI is InChI=1S/C23H38N6O2.HI/c1-4-31-23(30)29-17-15-28(16-18-29)22(24-2)25-11-8-12-27-14-13-26(3)19-21(27)20-9-6-5-7-10-20;/h5-7,9-10,21H,4,8,11-19H2,1-3H3,(H,24,25);1H. The number of rotatable bonds is 6. The maximum absolute atomic E-state index is 11.9. The Kier molecular flexibility index (Phi) is 11.5. The average molecular weight is 559 g/mol. The Hall–Kier alpha value is -1.59. The second-order valence-electron chi connectivity index (χ2n) is 8.23. The average Bonchev–Trinajstić information content (AvgIpc) is 2.81. The molecule has 2 aliphatic heterocycles. The quantitative estimate of drug-likeness (QED) is 0.251. The minimum Gasteiger partial charge on any atom is -0.450 e. The van der Waals surface area contributed by atoms with Crippen molar-refractivity contribution in [3.05, 3.63) is 35.9 Å². The zero-order valence-corrected chi connectivity index (χ0v) is 22.0. The van der Waals surface area contributed by atoms with Gasteiger partial charge in [-0.25, -0.2) is 4.79 Å². The van der Waals surface area contributed by atoms with E-state index in [1.165, 1.54) is 5.56 Å². The molecule has 1 aromatic rings. The summed E-state index contributed by atoms with van der Waals surface area (Å²) in [7, 11) is 4.03. The molecule has 1 N–H and O–H groups in total. The van der Waals surface area contributed by atoms with E-state index in [1.807, 2.05) is 14.0 Å². The van der Waals surface area contributed by atoms with Crippen LogP contribution in [0, 0.1) is 0 Å². The molecule has 180 valence electrons. The molecule has 0 radical (unpaired) electrons. The number of piperazine rings is 2. The number of hydrogen-bond donors (Lipinski definition) is 1. The van der Waals surface area contributed by atoms with Crippen LogP contribution in [0.15, 0.2) is 35.3 Å². The lowest BCUT2D eigenvalue weighted by Crippen LogP contribution is -2.54. The van der Waals surface area contributed by atoms with Gasteiger partial charge in [-0.3, -0.25) is 9.89 Å². The Balaban J connectivity index is 0.00000363. The molecule has 0 aromatic heterocycles. The number of likely N-dealkylation sites (N-methyl/N-ethyl adjacent to an activating group) is 1. The van der Waals surface area contributed by atoms with Crippen LogP contribution in [-0.2, 0) is 4.74 Å². The van der Waals surface area contributed by atoms with Crippen molar-refractivity contribution in [3.63, 3.8) is 0 Å². The Bertz CT molecular complexity index is 712. The molecule has 1 aromatic carbocycles. The van der Waals surface area contributed by atoms with Gasteiger partial charge in [0.05, 0.1) is 6.61 Å². The number of ether oxygens (including phenoxy) is 1. The van der Waals surface area contributed by atoms with Gasteiger partial charge in [0.1, 0.15) is 0 Å². The number of benzene rings is 1. The number of nitrogens with one attached hydrogen (secondary N) is 1. The van der Waals surface area contributed by atoms with Crippen molar-refractivity contribution in [2.24, 2.45) is 4.99 Å². The van der Waals surface area contributed by atoms with E-state index in [-0.39, 0.29) is 30.1 Å². The smallest absolute Gasteiger partial charge is 0.409 e. The molecule has 0 saturated carbocycles. The molecule has 0 bridgehead atoms. The first-order chi connectivity index (χ1) is 15.1. The number of carbonyl (C=O) groups is 1. The van der Waals surface area contributed by atoms with Gasteiger partial charge in [-0.1, -0.05) is 30.3 Å². The third-order valence-corrected chi connectivity index (χ3v) is 6.10. The number of hydrogen-bond acceptors (Lipinski definition) is 5.